The number of hydrogen-bond donors (Lipinski definition) is 0. The fourth-order valence-corrected chi connectivity index (χ4v) is 29.8. The molecule has 0 fully saturated rings. The first-order valence-electron chi connectivity index (χ1n) is 50.2. The van der Waals surface area contributed by atoms with Crippen LogP contribution in [-0.4, -0.2) is 8.42 Å². The Morgan fingerprint density at radius 3 is 0.730 bits per heavy atom. The molecule has 12 aromatic rings. The van der Waals surface area contributed by atoms with Crippen molar-refractivity contribution >= 4 is 39.8 Å². The maximum atomic E-state index is 14.3. The van der Waals surface area contributed by atoms with Gasteiger partial charge in [0.05, 0.1) is 27.4 Å². The highest BCUT2D eigenvalue weighted by Gasteiger charge is 2.55. The lowest BCUT2D eigenvalue weighted by atomic mass is 9.62. The van der Waals surface area contributed by atoms with Crippen LogP contribution in [0.25, 0.3) is 85.0 Å². The molecule has 3 spiro atoms. The minimum atomic E-state index is -3.69. The molecule has 0 saturated carbocycles. The summed E-state index contributed by atoms with van der Waals surface area (Å²) in [7, 11) is -3.69. The van der Waals surface area contributed by atoms with E-state index in [1.54, 1.807) is 0 Å². The Hall–Kier alpha value is -10.8. The van der Waals surface area contributed by atoms with Crippen LogP contribution in [-0.2, 0) is 42.3 Å². The molecule has 3 aliphatic heterocycles. The molecular weight excluding hydrogens is 1700 g/mol. The van der Waals surface area contributed by atoms with Gasteiger partial charge in [-0.2, -0.15) is 0 Å². The molecule has 0 saturated heterocycles. The summed E-state index contributed by atoms with van der Waals surface area (Å²) in [5, 5.41) is 3.95. The van der Waals surface area contributed by atoms with E-state index in [1.807, 2.05) is 24.1 Å². The maximum absolute atomic E-state index is 14.3. The SMILES string of the molecule is Cc1c(C)c(C)c2c(c1C)-c1c(C)c(C)c(C)c(C)c1C1(C=COc3cc4c(cc31)C=CC4(C)C)c1c(C)c(C)c(C)c(C)c1-2.Cc1c(C)c(C)c2c(c1C)-c1c(C)c(C)c(C)c(C)c1C1(C=CS(=O)(=O)c3cc4c(cc31)C=CC4(C)C)c1c(C)c(C)c(C)c(C)c1-2.Cc1c(C)c(C)c2c(c1C)-c1c(C)c(C)c(C)c(C)c1C1(C=CSc3cc4c(cc31)C=CC4(C)C)c1c(C)c(C)c(C)c(C)c1-2. The zero-order valence-corrected chi connectivity index (χ0v) is 92.1. The van der Waals surface area contributed by atoms with Crippen LogP contribution in [0.4, 0.5) is 0 Å². The maximum Gasteiger partial charge on any atom is 0.199 e. The monoisotopic (exact) mass is 1840 g/mol. The van der Waals surface area contributed by atoms with E-state index < -0.39 is 26.1 Å². The minimum Gasteiger partial charge on any atom is -0.465 e. The highest BCUT2D eigenvalue weighted by atomic mass is 32.2. The van der Waals surface area contributed by atoms with Gasteiger partial charge in [-0.05, 0) is 642 Å². The number of rotatable bonds is 0. The molecule has 0 N–H and O–H groups in total. The lowest BCUT2D eigenvalue weighted by Gasteiger charge is -2.42. The van der Waals surface area contributed by atoms with E-state index in [-0.39, 0.29) is 16.2 Å². The number of thioether (sulfide) groups is 1. The number of allylic oxidation sites excluding steroid dienone is 6. The fourth-order valence-electron chi connectivity index (χ4n) is 27.6. The third-order valence-electron chi connectivity index (χ3n) is 38.7. The Bertz CT molecular complexity index is 7430. The third-order valence-corrected chi connectivity index (χ3v) is 41.0. The third kappa shape index (κ3) is 12.2. The largest absolute Gasteiger partial charge is 0.465 e. The van der Waals surface area contributed by atoms with Gasteiger partial charge in [-0.1, -0.05) is 102 Å². The van der Waals surface area contributed by atoms with E-state index in [0.717, 1.165) is 22.4 Å². The van der Waals surface area contributed by atoms with Gasteiger partial charge in [0, 0.05) is 32.1 Å². The first-order chi connectivity index (χ1) is 64.0. The van der Waals surface area contributed by atoms with Gasteiger partial charge < -0.3 is 4.74 Å². The van der Waals surface area contributed by atoms with Crippen LogP contribution < -0.4 is 4.74 Å². The molecule has 0 amide bonds. The minimum absolute atomic E-state index is 0.0265. The average Bonchev–Trinajstić information content (AvgIpc) is 1.49. The summed E-state index contributed by atoms with van der Waals surface area (Å²) in [5.41, 5.74) is 83.2. The molecule has 702 valence electrons. The predicted octanol–water partition coefficient (Wildman–Crippen LogP) is 34.8. The van der Waals surface area contributed by atoms with Gasteiger partial charge >= 0.3 is 0 Å². The number of sulfone groups is 1. The van der Waals surface area contributed by atoms with Gasteiger partial charge in [0.1, 0.15) is 5.75 Å². The summed E-state index contributed by atoms with van der Waals surface area (Å²) in [5.74, 6) is 0.974. The number of ether oxygens (including phenoxy) is 1. The Balaban J connectivity index is 0.000000132. The summed E-state index contributed by atoms with van der Waals surface area (Å²) in [6.07, 6.45) is 22.9. The molecule has 3 nitrogen and oxygen atoms in total. The summed E-state index contributed by atoms with van der Waals surface area (Å²) in [6.45, 7) is 97.5. The molecule has 3 heterocycles. The second-order valence-corrected chi connectivity index (χ2v) is 48.1. The molecule has 0 unspecified atom stereocenters. The van der Waals surface area contributed by atoms with Crippen LogP contribution in [0.3, 0.4) is 0 Å². The molecule has 12 aromatic carbocycles. The van der Waals surface area contributed by atoms with Crippen molar-refractivity contribution in [3.05, 3.63) is 374 Å². The molecule has 0 bridgehead atoms. The second-order valence-electron chi connectivity index (χ2n) is 45.3. The fraction of sp³-hybridized carbons (Fsp3) is 0.364. The van der Waals surface area contributed by atoms with Crippen molar-refractivity contribution in [2.24, 2.45) is 0 Å². The van der Waals surface area contributed by atoms with E-state index in [4.69, 9.17) is 4.74 Å². The first-order valence-corrected chi connectivity index (χ1v) is 52.6. The summed E-state index contributed by atoms with van der Waals surface area (Å²) in [4.78, 5) is 1.83. The molecule has 21 rings (SSSR count). The molecule has 6 aliphatic carbocycles. The first kappa shape index (κ1) is 95.1. The van der Waals surface area contributed by atoms with Crippen LogP contribution in [0.1, 0.15) is 325 Å². The van der Waals surface area contributed by atoms with Crippen LogP contribution in [0.5, 0.6) is 5.75 Å². The van der Waals surface area contributed by atoms with Gasteiger partial charge in [-0.3, -0.25) is 0 Å². The van der Waals surface area contributed by atoms with Crippen molar-refractivity contribution in [3.8, 4) is 72.5 Å². The van der Waals surface area contributed by atoms with E-state index in [1.165, 1.54) is 344 Å². The highest BCUT2D eigenvalue weighted by molar-refractivity contribution is 8.02. The van der Waals surface area contributed by atoms with Crippen LogP contribution >= 0.6 is 11.8 Å². The average molecular weight is 1840 g/mol. The molecule has 5 heteroatoms. The van der Waals surface area contributed by atoms with Crippen molar-refractivity contribution < 1.29 is 13.2 Å². The van der Waals surface area contributed by atoms with Gasteiger partial charge in [-0.15, -0.1) is 0 Å². The van der Waals surface area contributed by atoms with Gasteiger partial charge in [0.25, 0.3) is 0 Å². The van der Waals surface area contributed by atoms with Crippen molar-refractivity contribution in [3.63, 3.8) is 0 Å². The van der Waals surface area contributed by atoms with Crippen LogP contribution in [0.2, 0.25) is 0 Å². The molecule has 137 heavy (non-hydrogen) atoms. The smallest absolute Gasteiger partial charge is 0.199 e. The Kier molecular flexibility index (Phi) is 21.6. The van der Waals surface area contributed by atoms with E-state index in [2.05, 4.69) is 381 Å². The predicted molar refractivity (Wildman–Crippen MR) is 589 cm³/mol. The van der Waals surface area contributed by atoms with Crippen molar-refractivity contribution in [2.45, 2.75) is 333 Å². The molecule has 0 atom stereocenters. The number of hydrogen-bond acceptors (Lipinski definition) is 4. The van der Waals surface area contributed by atoms with Crippen molar-refractivity contribution in [1.82, 2.24) is 0 Å². The van der Waals surface area contributed by atoms with E-state index >= 15 is 0 Å². The molecule has 0 radical (unpaired) electrons. The Labute approximate surface area is 826 Å². The second kappa shape index (κ2) is 31.1. The van der Waals surface area contributed by atoms with E-state index in [9.17, 15) is 8.42 Å². The standard InChI is InChI=1S/C44H48O2S.C44H48O.C44H48S/c1-21-22(2)28(8)38-37(27(21)7)39-29(9)23(3)25(5)31(11)41(39)44(42-32(12)26(6)24(4)30(10)40(38)42)17-18-47(45,46)36-20-34-33(19-35(36)44)15-16-43(34,13)14;2*1-21-22(2)28(8)38-37(27(21)7)39-29(9)23(3)25(5)31(11)41(39)44(42-32(12)26(6)24(4)30(10)40(38)42)17-18-45-36-20-34-33(19-35(36)44)15-16-43(34,13)14/h15-20H,1-14H3;2*15-20H,1-14H3. The number of benzene rings is 12. The summed E-state index contributed by atoms with van der Waals surface area (Å²) >= 11 is 1.90. The van der Waals surface area contributed by atoms with Gasteiger partial charge in [0.2, 0.25) is 0 Å². The van der Waals surface area contributed by atoms with Gasteiger partial charge in [-0.25, -0.2) is 8.42 Å². The van der Waals surface area contributed by atoms with Gasteiger partial charge in [0.15, 0.2) is 9.84 Å². The summed E-state index contributed by atoms with van der Waals surface area (Å²) in [6, 6.07) is 14.1. The molecular formula is C132H144O3S2. The Morgan fingerprint density at radius 2 is 0.445 bits per heavy atom. The topological polar surface area (TPSA) is 43.4 Å². The highest BCUT2D eigenvalue weighted by Crippen LogP contribution is 2.68. The normalized spacial score (nSPS) is 16.6. The lowest BCUT2D eigenvalue weighted by molar-refractivity contribution is 0.442. The van der Waals surface area contributed by atoms with E-state index in [0.29, 0.717) is 4.90 Å². The number of fused-ring (bicyclic) bond motifs is 30. The Morgan fingerprint density at radius 1 is 0.219 bits per heavy atom. The lowest BCUT2D eigenvalue weighted by Crippen LogP contribution is -2.35. The zero-order valence-electron chi connectivity index (χ0n) is 90.4. The molecule has 9 aliphatic rings. The quantitative estimate of drug-likeness (QED) is 0.152. The van der Waals surface area contributed by atoms with Crippen LogP contribution in [0, 0.1) is 249 Å². The van der Waals surface area contributed by atoms with Crippen molar-refractivity contribution in [1.29, 1.82) is 0 Å². The van der Waals surface area contributed by atoms with Crippen molar-refractivity contribution in [2.75, 3.05) is 0 Å². The molecule has 0 aromatic heterocycles. The summed E-state index contributed by atoms with van der Waals surface area (Å²) < 4.78 is 35.1. The van der Waals surface area contributed by atoms with Crippen LogP contribution in [0.15, 0.2) is 99.7 Å². The zero-order chi connectivity index (χ0) is 99.7.